The van der Waals surface area contributed by atoms with Crippen LogP contribution in [0.2, 0.25) is 0 Å². The minimum absolute atomic E-state index is 0.0605. The van der Waals surface area contributed by atoms with Gasteiger partial charge in [-0.15, -0.1) is 0 Å². The Labute approximate surface area is 112 Å². The lowest BCUT2D eigenvalue weighted by Gasteiger charge is -2.18. The van der Waals surface area contributed by atoms with Crippen LogP contribution in [0.1, 0.15) is 10.4 Å². The number of nitrogens with one attached hydrogen (secondary N) is 1. The zero-order chi connectivity index (χ0) is 13.4. The molecule has 1 aromatic heterocycles. The van der Waals surface area contributed by atoms with E-state index < -0.39 is 5.97 Å². The van der Waals surface area contributed by atoms with E-state index in [2.05, 4.69) is 4.98 Å². The number of aromatic nitrogens is 1. The largest absolute Gasteiger partial charge is 0.482 e. The third-order valence-electron chi connectivity index (χ3n) is 3.08. The highest BCUT2D eigenvalue weighted by Crippen LogP contribution is 2.37. The lowest BCUT2D eigenvalue weighted by Crippen LogP contribution is -2.12. The Balaban J connectivity index is 2.05. The summed E-state index contributed by atoms with van der Waals surface area (Å²) < 4.78 is 5.30. The highest BCUT2D eigenvalue weighted by Gasteiger charge is 2.22. The van der Waals surface area contributed by atoms with Crippen molar-refractivity contribution >= 4 is 17.3 Å². The number of carbonyl (C=O) groups is 1. The average Bonchev–Trinajstić information content (AvgIpc) is 2.76. The number of hydrogen-bond acceptors (Lipinski definition) is 4. The first-order chi connectivity index (χ1) is 9.15. The second-order valence-corrected chi connectivity index (χ2v) is 5.35. The number of benzene rings is 1. The van der Waals surface area contributed by atoms with Gasteiger partial charge in [0.2, 0.25) is 0 Å². The molecule has 0 bridgehead atoms. The monoisotopic (exact) mass is 277 g/mol. The molecule has 0 fully saturated rings. The molecule has 6 heteroatoms. The average molecular weight is 277 g/mol. The molecular formula is C13H11NO4S. The zero-order valence-electron chi connectivity index (χ0n) is 9.93. The molecule has 0 saturated heterocycles. The van der Waals surface area contributed by atoms with Gasteiger partial charge in [0.1, 0.15) is 5.75 Å². The SMILES string of the molecule is O=C(O)COc1cccc2c1CCc1sc(=O)[nH]c1-2. The van der Waals surface area contributed by atoms with Crippen molar-refractivity contribution in [2.45, 2.75) is 12.8 Å². The number of fused-ring (bicyclic) bond motifs is 3. The number of thiazole rings is 1. The van der Waals surface area contributed by atoms with Crippen LogP contribution in [-0.4, -0.2) is 22.7 Å². The van der Waals surface area contributed by atoms with E-state index in [0.717, 1.165) is 34.5 Å². The smallest absolute Gasteiger partial charge is 0.341 e. The van der Waals surface area contributed by atoms with Gasteiger partial charge < -0.3 is 14.8 Å². The molecule has 0 spiro atoms. The summed E-state index contributed by atoms with van der Waals surface area (Å²) in [6.45, 7) is -0.358. The number of aromatic amines is 1. The fourth-order valence-electron chi connectivity index (χ4n) is 2.32. The number of aliphatic carboxylic acids is 1. The Morgan fingerprint density at radius 3 is 3.05 bits per heavy atom. The molecule has 2 aromatic rings. The Morgan fingerprint density at radius 2 is 2.26 bits per heavy atom. The minimum atomic E-state index is -1.00. The summed E-state index contributed by atoms with van der Waals surface area (Å²) in [4.78, 5) is 25.8. The maximum absolute atomic E-state index is 11.4. The molecular weight excluding hydrogens is 266 g/mol. The molecule has 0 radical (unpaired) electrons. The first kappa shape index (κ1) is 12.0. The number of carboxylic acids is 1. The third kappa shape index (κ3) is 2.15. The van der Waals surface area contributed by atoms with E-state index in [1.807, 2.05) is 6.07 Å². The zero-order valence-corrected chi connectivity index (χ0v) is 10.8. The summed E-state index contributed by atoms with van der Waals surface area (Å²) in [5.41, 5.74) is 2.74. The van der Waals surface area contributed by atoms with E-state index in [-0.39, 0.29) is 11.5 Å². The van der Waals surface area contributed by atoms with Crippen molar-refractivity contribution in [1.82, 2.24) is 4.98 Å². The van der Waals surface area contributed by atoms with Crippen molar-refractivity contribution in [3.63, 3.8) is 0 Å². The van der Waals surface area contributed by atoms with Crippen molar-refractivity contribution in [1.29, 1.82) is 0 Å². The molecule has 1 aliphatic carbocycles. The van der Waals surface area contributed by atoms with Crippen LogP contribution in [0.3, 0.4) is 0 Å². The quantitative estimate of drug-likeness (QED) is 0.894. The first-order valence-electron chi connectivity index (χ1n) is 5.84. The summed E-state index contributed by atoms with van der Waals surface area (Å²) in [5, 5.41) is 8.67. The second-order valence-electron chi connectivity index (χ2n) is 4.28. The van der Waals surface area contributed by atoms with Crippen LogP contribution >= 0.6 is 11.3 Å². The Kier molecular flexibility index (Phi) is 2.87. The number of aryl methyl sites for hydroxylation is 1. The van der Waals surface area contributed by atoms with Crippen molar-refractivity contribution in [3.05, 3.63) is 38.3 Å². The Hall–Kier alpha value is -2.08. The van der Waals surface area contributed by atoms with Gasteiger partial charge in [-0.1, -0.05) is 23.5 Å². The van der Waals surface area contributed by atoms with Gasteiger partial charge in [-0.05, 0) is 18.9 Å². The first-order valence-corrected chi connectivity index (χ1v) is 6.65. The molecule has 1 heterocycles. The normalized spacial score (nSPS) is 12.6. The fourth-order valence-corrected chi connectivity index (χ4v) is 3.17. The van der Waals surface area contributed by atoms with E-state index in [1.54, 1.807) is 12.1 Å². The van der Waals surface area contributed by atoms with Crippen LogP contribution in [0.15, 0.2) is 23.0 Å². The lowest BCUT2D eigenvalue weighted by atomic mass is 9.93. The summed E-state index contributed by atoms with van der Waals surface area (Å²) in [6, 6.07) is 5.49. The van der Waals surface area contributed by atoms with Crippen LogP contribution in [0.25, 0.3) is 11.3 Å². The van der Waals surface area contributed by atoms with Crippen LogP contribution in [-0.2, 0) is 17.6 Å². The highest BCUT2D eigenvalue weighted by atomic mass is 32.1. The number of carboxylic acid groups (broad SMARTS) is 1. The molecule has 0 amide bonds. The summed E-state index contributed by atoms with van der Waals surface area (Å²) in [5.74, 6) is -0.421. The van der Waals surface area contributed by atoms with Gasteiger partial charge >= 0.3 is 10.8 Å². The number of hydrogen-bond donors (Lipinski definition) is 2. The minimum Gasteiger partial charge on any atom is -0.482 e. The molecule has 2 N–H and O–H groups in total. The van der Waals surface area contributed by atoms with Crippen LogP contribution in [0, 0.1) is 0 Å². The molecule has 0 aliphatic heterocycles. The summed E-state index contributed by atoms with van der Waals surface area (Å²) in [6.07, 6.45) is 1.53. The molecule has 0 saturated carbocycles. The second kappa shape index (κ2) is 4.55. The van der Waals surface area contributed by atoms with Crippen molar-refractivity contribution in [3.8, 4) is 17.0 Å². The maximum Gasteiger partial charge on any atom is 0.341 e. The maximum atomic E-state index is 11.4. The Morgan fingerprint density at radius 1 is 1.42 bits per heavy atom. The van der Waals surface area contributed by atoms with Gasteiger partial charge in [0.15, 0.2) is 6.61 Å². The molecule has 98 valence electrons. The lowest BCUT2D eigenvalue weighted by molar-refractivity contribution is -0.139. The van der Waals surface area contributed by atoms with Gasteiger partial charge in [-0.25, -0.2) is 4.79 Å². The number of rotatable bonds is 3. The predicted molar refractivity (Wildman–Crippen MR) is 70.9 cm³/mol. The summed E-state index contributed by atoms with van der Waals surface area (Å²) >= 11 is 1.23. The summed E-state index contributed by atoms with van der Waals surface area (Å²) in [7, 11) is 0. The van der Waals surface area contributed by atoms with Crippen molar-refractivity contribution in [2.75, 3.05) is 6.61 Å². The standard InChI is InChI=1S/C13H11NO4S/c15-11(16)6-18-9-3-1-2-8-7(9)4-5-10-12(8)14-13(17)19-10/h1-3H,4-6H2,(H,14,17)(H,15,16). The van der Waals surface area contributed by atoms with Gasteiger partial charge in [0, 0.05) is 16.0 Å². The van der Waals surface area contributed by atoms with E-state index in [1.165, 1.54) is 11.3 Å². The van der Waals surface area contributed by atoms with E-state index in [0.29, 0.717) is 5.75 Å². The van der Waals surface area contributed by atoms with Crippen LogP contribution < -0.4 is 9.61 Å². The molecule has 3 rings (SSSR count). The van der Waals surface area contributed by atoms with Crippen molar-refractivity contribution < 1.29 is 14.6 Å². The topological polar surface area (TPSA) is 79.4 Å². The van der Waals surface area contributed by atoms with Gasteiger partial charge in [-0.3, -0.25) is 4.79 Å². The van der Waals surface area contributed by atoms with Gasteiger partial charge in [0.25, 0.3) is 0 Å². The molecule has 1 aromatic carbocycles. The van der Waals surface area contributed by atoms with Crippen LogP contribution in [0.4, 0.5) is 0 Å². The molecule has 0 atom stereocenters. The van der Waals surface area contributed by atoms with E-state index >= 15 is 0 Å². The molecule has 19 heavy (non-hydrogen) atoms. The van der Waals surface area contributed by atoms with Crippen LogP contribution in [0.5, 0.6) is 5.75 Å². The fraction of sp³-hybridized carbons (Fsp3) is 0.231. The van der Waals surface area contributed by atoms with Crippen molar-refractivity contribution in [2.24, 2.45) is 0 Å². The third-order valence-corrected chi connectivity index (χ3v) is 4.02. The molecule has 1 aliphatic rings. The van der Waals surface area contributed by atoms with E-state index in [4.69, 9.17) is 9.84 Å². The number of ether oxygens (including phenoxy) is 1. The molecule has 5 nitrogen and oxygen atoms in total. The van der Waals surface area contributed by atoms with Gasteiger partial charge in [0.05, 0.1) is 5.69 Å². The predicted octanol–water partition coefficient (Wildman–Crippen LogP) is 1.67. The highest BCUT2D eigenvalue weighted by molar-refractivity contribution is 7.09. The molecule has 0 unspecified atom stereocenters. The van der Waals surface area contributed by atoms with E-state index in [9.17, 15) is 9.59 Å². The Bertz CT molecular complexity index is 701. The van der Waals surface area contributed by atoms with Gasteiger partial charge in [-0.2, -0.15) is 0 Å². The number of H-pyrrole nitrogens is 1.